The Morgan fingerprint density at radius 3 is 2.58 bits per heavy atom. The molecule has 0 spiro atoms. The van der Waals surface area contributed by atoms with E-state index < -0.39 is 6.61 Å². The molecule has 1 aromatic carbocycles. The summed E-state index contributed by atoms with van der Waals surface area (Å²) in [5.74, 6) is 2.25. The Morgan fingerprint density at radius 2 is 2.04 bits per heavy atom. The van der Waals surface area contributed by atoms with Crippen molar-refractivity contribution in [1.82, 2.24) is 10.6 Å². The van der Waals surface area contributed by atoms with Crippen molar-refractivity contribution in [3.8, 4) is 11.5 Å². The van der Waals surface area contributed by atoms with Crippen molar-refractivity contribution in [2.24, 2.45) is 16.3 Å². The van der Waals surface area contributed by atoms with Crippen LogP contribution in [0.2, 0.25) is 0 Å². The fraction of sp³-hybridized carbons (Fsp3) is 0.611. The van der Waals surface area contributed by atoms with E-state index >= 15 is 0 Å². The van der Waals surface area contributed by atoms with Gasteiger partial charge < -0.3 is 20.1 Å². The van der Waals surface area contributed by atoms with E-state index in [1.54, 1.807) is 19.2 Å². The van der Waals surface area contributed by atoms with E-state index in [4.69, 9.17) is 4.74 Å². The molecule has 2 saturated carbocycles. The average Bonchev–Trinajstić information content (AvgIpc) is 3.48. The van der Waals surface area contributed by atoms with Gasteiger partial charge in [0.2, 0.25) is 0 Å². The molecule has 5 nitrogen and oxygen atoms in total. The van der Waals surface area contributed by atoms with Gasteiger partial charge in [0.15, 0.2) is 5.96 Å². The number of halogens is 3. The molecule has 1 aromatic rings. The third-order valence-electron chi connectivity index (χ3n) is 5.10. The summed E-state index contributed by atoms with van der Waals surface area (Å²) in [7, 11) is 3.24. The van der Waals surface area contributed by atoms with Gasteiger partial charge in [-0.25, -0.2) is 0 Å². The minimum atomic E-state index is -2.86. The lowest BCUT2D eigenvalue weighted by Crippen LogP contribution is -2.40. The number of methoxy groups -OCH3 is 1. The second-order valence-corrected chi connectivity index (χ2v) is 6.77. The van der Waals surface area contributed by atoms with Gasteiger partial charge in [0.1, 0.15) is 11.5 Å². The number of ether oxygens (including phenoxy) is 2. The molecule has 0 heterocycles. The van der Waals surface area contributed by atoms with Crippen LogP contribution in [0.3, 0.4) is 0 Å². The number of rotatable bonds is 8. The normalized spacial score (nSPS) is 18.1. The van der Waals surface area contributed by atoms with E-state index in [2.05, 4.69) is 20.4 Å². The molecule has 146 valence electrons. The number of aliphatic imine (C=N–C) groups is 1. The number of hydrogen-bond donors (Lipinski definition) is 2. The van der Waals surface area contributed by atoms with Crippen molar-refractivity contribution in [2.75, 3.05) is 20.7 Å². The zero-order valence-electron chi connectivity index (χ0n) is 15.1. The number of hydrogen-bond acceptors (Lipinski definition) is 3. The quantitative estimate of drug-likeness (QED) is 0.337. The first kappa shape index (κ1) is 21.0. The van der Waals surface area contributed by atoms with E-state index in [9.17, 15) is 8.78 Å². The van der Waals surface area contributed by atoms with E-state index in [0.29, 0.717) is 29.2 Å². The summed E-state index contributed by atoms with van der Waals surface area (Å²) >= 11 is 0. The zero-order valence-corrected chi connectivity index (χ0v) is 17.4. The monoisotopic (exact) mass is 481 g/mol. The number of alkyl halides is 2. The summed E-state index contributed by atoms with van der Waals surface area (Å²) in [4.78, 5) is 4.22. The maximum Gasteiger partial charge on any atom is 0.387 e. The first-order valence-electron chi connectivity index (χ1n) is 8.62. The van der Waals surface area contributed by atoms with Gasteiger partial charge in [0.05, 0.1) is 7.11 Å². The topological polar surface area (TPSA) is 54.9 Å². The minimum Gasteiger partial charge on any atom is -0.497 e. The molecule has 26 heavy (non-hydrogen) atoms. The Kier molecular flexibility index (Phi) is 7.31. The fourth-order valence-corrected chi connectivity index (χ4v) is 3.28. The molecule has 0 unspecified atom stereocenters. The van der Waals surface area contributed by atoms with Crippen LogP contribution in [0.4, 0.5) is 8.78 Å². The summed E-state index contributed by atoms with van der Waals surface area (Å²) in [5, 5.41) is 6.54. The molecule has 2 N–H and O–H groups in total. The van der Waals surface area contributed by atoms with Gasteiger partial charge in [-0.15, -0.1) is 24.0 Å². The Hall–Kier alpha value is -1.32. The Morgan fingerprint density at radius 1 is 1.31 bits per heavy atom. The fourth-order valence-electron chi connectivity index (χ4n) is 3.28. The molecule has 2 aliphatic carbocycles. The van der Waals surface area contributed by atoms with E-state index in [1.807, 2.05) is 0 Å². The first-order valence-corrected chi connectivity index (χ1v) is 8.62. The molecule has 2 aliphatic rings. The van der Waals surface area contributed by atoms with Crippen LogP contribution < -0.4 is 20.1 Å². The summed E-state index contributed by atoms with van der Waals surface area (Å²) < 4.78 is 34.9. The standard InChI is InChI=1S/C18H25F2N3O2.HI/c1-21-17(23-11-18(7-8-18)13-3-4-13)22-10-12-9-14(24-2)5-6-15(12)25-16(19)20;/h5-6,9,13,16H,3-4,7-8,10-11H2,1-2H3,(H2,21,22,23);1H. The Labute approximate surface area is 169 Å². The molecule has 0 atom stereocenters. The second kappa shape index (κ2) is 9.05. The molecule has 0 bridgehead atoms. The predicted octanol–water partition coefficient (Wildman–Crippen LogP) is 3.77. The van der Waals surface area contributed by atoms with Crippen molar-refractivity contribution in [3.05, 3.63) is 23.8 Å². The molecule has 3 rings (SSSR count). The third-order valence-corrected chi connectivity index (χ3v) is 5.10. The average molecular weight is 481 g/mol. The van der Waals surface area contributed by atoms with Crippen LogP contribution in [0.25, 0.3) is 0 Å². The predicted molar refractivity (Wildman–Crippen MR) is 108 cm³/mol. The van der Waals surface area contributed by atoms with Crippen LogP contribution in [0, 0.1) is 11.3 Å². The SMILES string of the molecule is CN=C(NCc1cc(OC)ccc1OC(F)F)NCC1(C2CC2)CC1.I. The number of benzene rings is 1. The molecule has 0 amide bonds. The Balaban J connectivity index is 0.00000243. The zero-order chi connectivity index (χ0) is 17.9. The minimum absolute atomic E-state index is 0. The molecule has 0 saturated heterocycles. The molecule has 0 aliphatic heterocycles. The highest BCUT2D eigenvalue weighted by Crippen LogP contribution is 2.60. The van der Waals surface area contributed by atoms with Gasteiger partial charge in [-0.05, 0) is 55.2 Å². The maximum atomic E-state index is 12.6. The van der Waals surface area contributed by atoms with Gasteiger partial charge in [0.25, 0.3) is 0 Å². The lowest BCUT2D eigenvalue weighted by Gasteiger charge is -2.19. The first-order chi connectivity index (χ1) is 12.1. The lowest BCUT2D eigenvalue weighted by atomic mass is 10.0. The summed E-state index contributed by atoms with van der Waals surface area (Å²) in [6.45, 7) is -1.64. The summed E-state index contributed by atoms with van der Waals surface area (Å²) in [6.07, 6.45) is 5.24. The van der Waals surface area contributed by atoms with E-state index in [-0.39, 0.29) is 29.7 Å². The lowest BCUT2D eigenvalue weighted by molar-refractivity contribution is -0.0504. The van der Waals surface area contributed by atoms with Crippen molar-refractivity contribution in [1.29, 1.82) is 0 Å². The smallest absolute Gasteiger partial charge is 0.387 e. The van der Waals surface area contributed by atoms with Crippen molar-refractivity contribution in [2.45, 2.75) is 38.8 Å². The van der Waals surface area contributed by atoms with Gasteiger partial charge in [-0.2, -0.15) is 8.78 Å². The van der Waals surface area contributed by atoms with Crippen LogP contribution in [0.5, 0.6) is 11.5 Å². The van der Waals surface area contributed by atoms with Crippen LogP contribution in [0.1, 0.15) is 31.2 Å². The molecule has 0 aromatic heterocycles. The summed E-state index contributed by atoms with van der Waals surface area (Å²) in [5.41, 5.74) is 1.04. The van der Waals surface area contributed by atoms with Crippen molar-refractivity contribution in [3.63, 3.8) is 0 Å². The third kappa shape index (κ3) is 5.34. The van der Waals surface area contributed by atoms with Crippen LogP contribution >= 0.6 is 24.0 Å². The number of nitrogens with zero attached hydrogens (tertiary/aromatic N) is 1. The van der Waals surface area contributed by atoms with Crippen molar-refractivity contribution < 1.29 is 18.3 Å². The van der Waals surface area contributed by atoms with Crippen LogP contribution in [0.15, 0.2) is 23.2 Å². The highest BCUT2D eigenvalue weighted by atomic mass is 127. The van der Waals surface area contributed by atoms with Gasteiger partial charge in [-0.1, -0.05) is 0 Å². The largest absolute Gasteiger partial charge is 0.497 e. The summed E-state index contributed by atoms with van der Waals surface area (Å²) in [6, 6.07) is 4.77. The number of nitrogens with one attached hydrogen (secondary N) is 2. The Bertz CT molecular complexity index is 635. The van der Waals surface area contributed by atoms with Crippen LogP contribution in [-0.2, 0) is 6.54 Å². The highest BCUT2D eigenvalue weighted by molar-refractivity contribution is 14.0. The van der Waals surface area contributed by atoms with Gasteiger partial charge >= 0.3 is 6.61 Å². The second-order valence-electron chi connectivity index (χ2n) is 6.77. The van der Waals surface area contributed by atoms with Gasteiger partial charge in [-0.3, -0.25) is 4.99 Å². The van der Waals surface area contributed by atoms with E-state index in [0.717, 1.165) is 12.5 Å². The van der Waals surface area contributed by atoms with Gasteiger partial charge in [0, 0.05) is 25.7 Å². The van der Waals surface area contributed by atoms with E-state index in [1.165, 1.54) is 38.9 Å². The van der Waals surface area contributed by atoms with Crippen LogP contribution in [-0.4, -0.2) is 33.3 Å². The molecular formula is C18H26F2IN3O2. The molecule has 8 heteroatoms. The molecule has 2 fully saturated rings. The highest BCUT2D eigenvalue weighted by Gasteiger charge is 2.53. The number of guanidine groups is 1. The molecule has 0 radical (unpaired) electrons. The maximum absolute atomic E-state index is 12.6. The molecular weight excluding hydrogens is 455 g/mol. The van der Waals surface area contributed by atoms with Crippen molar-refractivity contribution >= 4 is 29.9 Å².